The van der Waals surface area contributed by atoms with Crippen molar-refractivity contribution in [3.63, 3.8) is 0 Å². The molecule has 0 saturated carbocycles. The van der Waals surface area contributed by atoms with Crippen LogP contribution < -0.4 is 14.8 Å². The zero-order chi connectivity index (χ0) is 20.6. The number of guanidine groups is 1. The van der Waals surface area contributed by atoms with Crippen LogP contribution in [0.5, 0.6) is 11.5 Å². The minimum Gasteiger partial charge on any atom is -0.497 e. The van der Waals surface area contributed by atoms with Crippen molar-refractivity contribution < 1.29 is 22.6 Å². The lowest BCUT2D eigenvalue weighted by molar-refractivity contribution is -0.140. The molecule has 0 unspecified atom stereocenters. The molecule has 0 fully saturated rings. The van der Waals surface area contributed by atoms with Crippen LogP contribution >= 0.6 is 35.3 Å². The van der Waals surface area contributed by atoms with E-state index >= 15 is 0 Å². The summed E-state index contributed by atoms with van der Waals surface area (Å²) >= 11 is 1.00. The first kappa shape index (κ1) is 25.3. The molecule has 11 heteroatoms. The van der Waals surface area contributed by atoms with E-state index in [0.717, 1.165) is 28.2 Å². The van der Waals surface area contributed by atoms with Crippen molar-refractivity contribution >= 4 is 41.3 Å². The molecule has 1 heterocycles. The van der Waals surface area contributed by atoms with Crippen molar-refractivity contribution in [2.24, 2.45) is 4.99 Å². The molecular formula is C18H24F3IN4O2S. The van der Waals surface area contributed by atoms with E-state index in [1.165, 1.54) is 0 Å². The summed E-state index contributed by atoms with van der Waals surface area (Å²) in [6, 6.07) is 7.30. The largest absolute Gasteiger partial charge is 0.497 e. The van der Waals surface area contributed by atoms with Crippen molar-refractivity contribution in [2.45, 2.75) is 12.6 Å². The second-order valence-corrected chi connectivity index (χ2v) is 6.74. The Balaban J connectivity index is 0.00000420. The molecule has 0 aliphatic carbocycles. The van der Waals surface area contributed by atoms with Crippen LogP contribution in [0, 0.1) is 0 Å². The van der Waals surface area contributed by atoms with E-state index in [2.05, 4.69) is 15.3 Å². The number of rotatable bonds is 8. The molecule has 0 spiro atoms. The summed E-state index contributed by atoms with van der Waals surface area (Å²) in [7, 11) is 5.11. The first-order valence-electron chi connectivity index (χ1n) is 8.53. The van der Waals surface area contributed by atoms with Gasteiger partial charge in [-0.25, -0.2) is 4.98 Å². The van der Waals surface area contributed by atoms with Crippen LogP contribution in [0.2, 0.25) is 0 Å². The highest BCUT2D eigenvalue weighted by molar-refractivity contribution is 14.0. The molecule has 1 aromatic heterocycles. The fraction of sp³-hybridized carbons (Fsp3) is 0.444. The molecular weight excluding hydrogens is 520 g/mol. The van der Waals surface area contributed by atoms with E-state index in [0.29, 0.717) is 37.1 Å². The molecule has 2 aromatic rings. The summed E-state index contributed by atoms with van der Waals surface area (Å²) in [5, 5.41) is 4.58. The van der Waals surface area contributed by atoms with Crippen LogP contribution in [-0.2, 0) is 12.6 Å². The summed E-state index contributed by atoms with van der Waals surface area (Å²) in [6.45, 7) is 1.47. The Morgan fingerprint density at radius 2 is 1.90 bits per heavy atom. The fourth-order valence-corrected chi connectivity index (χ4v) is 3.11. The van der Waals surface area contributed by atoms with Crippen molar-refractivity contribution in [3.05, 3.63) is 40.3 Å². The van der Waals surface area contributed by atoms with E-state index in [9.17, 15) is 13.2 Å². The molecule has 0 bridgehead atoms. The summed E-state index contributed by atoms with van der Waals surface area (Å²) < 4.78 is 48.5. The third kappa shape index (κ3) is 8.25. The van der Waals surface area contributed by atoms with Crippen LogP contribution in [0.4, 0.5) is 13.2 Å². The van der Waals surface area contributed by atoms with Gasteiger partial charge in [0.05, 0.1) is 18.7 Å². The van der Waals surface area contributed by atoms with E-state index in [4.69, 9.17) is 9.47 Å². The van der Waals surface area contributed by atoms with E-state index in [1.54, 1.807) is 14.2 Å². The monoisotopic (exact) mass is 544 g/mol. The van der Waals surface area contributed by atoms with Gasteiger partial charge in [-0.15, -0.1) is 35.3 Å². The molecule has 0 radical (unpaired) electrons. The van der Waals surface area contributed by atoms with Gasteiger partial charge in [0.25, 0.3) is 0 Å². The number of benzene rings is 1. The van der Waals surface area contributed by atoms with Gasteiger partial charge in [0, 0.05) is 32.4 Å². The van der Waals surface area contributed by atoms with Gasteiger partial charge in [0.15, 0.2) is 11.7 Å². The molecule has 0 saturated heterocycles. The number of nitrogens with zero attached hydrogens (tertiary/aromatic N) is 3. The molecule has 1 N–H and O–H groups in total. The zero-order valence-electron chi connectivity index (χ0n) is 16.3. The van der Waals surface area contributed by atoms with Gasteiger partial charge in [0.1, 0.15) is 18.1 Å². The maximum absolute atomic E-state index is 12.6. The zero-order valence-corrected chi connectivity index (χ0v) is 19.5. The SMILES string of the molecule is CN=C(NCCc1nc(C(F)(F)F)cs1)N(C)CCOc1ccc(OC)cc1.I. The number of likely N-dealkylation sites (N-methyl/N-ethyl adjacent to an activating group) is 1. The molecule has 0 aliphatic rings. The number of hydrogen-bond donors (Lipinski definition) is 1. The lowest BCUT2D eigenvalue weighted by Gasteiger charge is -2.22. The molecule has 29 heavy (non-hydrogen) atoms. The maximum Gasteiger partial charge on any atom is 0.434 e. The van der Waals surface area contributed by atoms with Crippen LogP contribution in [-0.4, -0.2) is 56.7 Å². The summed E-state index contributed by atoms with van der Waals surface area (Å²) in [5.74, 6) is 2.13. The van der Waals surface area contributed by atoms with Crippen molar-refractivity contribution in [3.8, 4) is 11.5 Å². The highest BCUT2D eigenvalue weighted by atomic mass is 127. The lowest BCUT2D eigenvalue weighted by atomic mass is 10.3. The first-order valence-corrected chi connectivity index (χ1v) is 9.41. The Morgan fingerprint density at radius 1 is 1.24 bits per heavy atom. The fourth-order valence-electron chi connectivity index (χ4n) is 2.30. The number of alkyl halides is 3. The van der Waals surface area contributed by atoms with Crippen LogP contribution in [0.1, 0.15) is 10.7 Å². The number of aromatic nitrogens is 1. The predicted molar refractivity (Wildman–Crippen MR) is 119 cm³/mol. The second-order valence-electron chi connectivity index (χ2n) is 5.79. The summed E-state index contributed by atoms with van der Waals surface area (Å²) in [4.78, 5) is 9.67. The van der Waals surface area contributed by atoms with E-state index in [-0.39, 0.29) is 24.0 Å². The van der Waals surface area contributed by atoms with Crippen LogP contribution in [0.25, 0.3) is 0 Å². The molecule has 0 amide bonds. The average molecular weight is 544 g/mol. The van der Waals surface area contributed by atoms with Gasteiger partial charge in [-0.05, 0) is 24.3 Å². The molecule has 0 aliphatic heterocycles. The Labute approximate surface area is 189 Å². The highest BCUT2D eigenvalue weighted by Gasteiger charge is 2.33. The topological polar surface area (TPSA) is 59.0 Å². The van der Waals surface area contributed by atoms with Crippen molar-refractivity contribution in [1.82, 2.24) is 15.2 Å². The van der Waals surface area contributed by atoms with Gasteiger partial charge in [-0.1, -0.05) is 0 Å². The molecule has 162 valence electrons. The van der Waals surface area contributed by atoms with Gasteiger partial charge in [-0.3, -0.25) is 4.99 Å². The predicted octanol–water partition coefficient (Wildman–Crippen LogP) is 3.92. The normalized spacial score (nSPS) is 11.6. The quantitative estimate of drug-likeness (QED) is 0.310. The minimum atomic E-state index is -4.40. The highest BCUT2D eigenvalue weighted by Crippen LogP contribution is 2.30. The summed E-state index contributed by atoms with van der Waals surface area (Å²) in [6.07, 6.45) is -4.02. The standard InChI is InChI=1S/C18H23F3N4O2S.HI/c1-22-17(23-9-8-16-24-15(12-28-16)18(19,20)21)25(2)10-11-27-14-6-4-13(26-3)5-7-14;/h4-7,12H,8-11H2,1-3H3,(H,22,23);1H. The molecule has 2 rings (SSSR count). The Kier molecular flexibility index (Phi) is 10.5. The summed E-state index contributed by atoms with van der Waals surface area (Å²) in [5.41, 5.74) is -0.843. The lowest BCUT2D eigenvalue weighted by Crippen LogP contribution is -2.41. The van der Waals surface area contributed by atoms with Gasteiger partial charge >= 0.3 is 6.18 Å². The molecule has 6 nitrogen and oxygen atoms in total. The Morgan fingerprint density at radius 3 is 2.45 bits per heavy atom. The van der Waals surface area contributed by atoms with E-state index in [1.807, 2.05) is 36.2 Å². The molecule has 1 aromatic carbocycles. The number of hydrogen-bond acceptors (Lipinski definition) is 5. The molecule has 0 atom stereocenters. The van der Waals surface area contributed by atoms with Crippen molar-refractivity contribution in [2.75, 3.05) is 40.9 Å². The van der Waals surface area contributed by atoms with Gasteiger partial charge in [0.2, 0.25) is 0 Å². The third-order valence-corrected chi connectivity index (χ3v) is 4.70. The second kappa shape index (κ2) is 12.1. The number of thiazole rings is 1. The third-order valence-electron chi connectivity index (χ3n) is 3.79. The average Bonchev–Trinajstić information content (AvgIpc) is 3.15. The number of ether oxygens (including phenoxy) is 2. The number of nitrogens with one attached hydrogen (secondary N) is 1. The Hall–Kier alpha value is -1.76. The van der Waals surface area contributed by atoms with Crippen molar-refractivity contribution in [1.29, 1.82) is 0 Å². The van der Waals surface area contributed by atoms with Crippen LogP contribution in [0.15, 0.2) is 34.6 Å². The van der Waals surface area contributed by atoms with Crippen LogP contribution in [0.3, 0.4) is 0 Å². The first-order chi connectivity index (χ1) is 13.3. The number of aliphatic imine (C=N–C) groups is 1. The minimum absolute atomic E-state index is 0. The maximum atomic E-state index is 12.6. The van der Waals surface area contributed by atoms with E-state index < -0.39 is 11.9 Å². The smallest absolute Gasteiger partial charge is 0.434 e. The number of methoxy groups -OCH3 is 1. The van der Waals surface area contributed by atoms with Gasteiger partial charge < -0.3 is 19.7 Å². The van der Waals surface area contributed by atoms with Gasteiger partial charge in [-0.2, -0.15) is 13.2 Å². The number of halogens is 4. The Bertz CT molecular complexity index is 769.